The van der Waals surface area contributed by atoms with Crippen LogP contribution in [-0.2, 0) is 14.3 Å². The second kappa shape index (κ2) is 14.8. The molecule has 1 unspecified atom stereocenters. The molecule has 0 aromatic carbocycles. The van der Waals surface area contributed by atoms with Crippen molar-refractivity contribution in [1.29, 1.82) is 0 Å². The number of aliphatic hydroxyl groups excluding tert-OH is 1. The highest BCUT2D eigenvalue weighted by atomic mass is 16.5. The van der Waals surface area contributed by atoms with Crippen LogP contribution in [0.4, 0.5) is 0 Å². The summed E-state index contributed by atoms with van der Waals surface area (Å²) in [5.74, 6) is -0.159. The molecule has 162 valence electrons. The Morgan fingerprint density at radius 1 is 1.11 bits per heavy atom. The minimum Gasteiger partial charge on any atom is -0.469 e. The van der Waals surface area contributed by atoms with Gasteiger partial charge in [0.2, 0.25) is 0 Å². The summed E-state index contributed by atoms with van der Waals surface area (Å²) >= 11 is 0. The summed E-state index contributed by atoms with van der Waals surface area (Å²) in [7, 11) is 1.41. The number of ether oxygens (including phenoxy) is 2. The Hall–Kier alpha value is -1.17. The fourth-order valence-corrected chi connectivity index (χ4v) is 3.87. The average Bonchev–Trinajstić information content (AvgIpc) is 3.00. The molecule has 2 N–H and O–H groups in total. The Labute approximate surface area is 170 Å². The van der Waals surface area contributed by atoms with E-state index in [1.165, 1.54) is 7.11 Å². The van der Waals surface area contributed by atoms with E-state index in [-0.39, 0.29) is 24.6 Å². The second-order valence-corrected chi connectivity index (χ2v) is 7.66. The van der Waals surface area contributed by atoms with Gasteiger partial charge in [0.15, 0.2) is 0 Å². The monoisotopic (exact) mass is 396 g/mol. The second-order valence-electron chi connectivity index (χ2n) is 7.66. The maximum Gasteiger partial charge on any atom is 0.305 e. The van der Waals surface area contributed by atoms with E-state index in [0.717, 1.165) is 57.8 Å². The summed E-state index contributed by atoms with van der Waals surface area (Å²) in [5, 5.41) is 20.0. The van der Waals surface area contributed by atoms with Gasteiger partial charge in [0.25, 0.3) is 0 Å². The van der Waals surface area contributed by atoms with Gasteiger partial charge in [-0.3, -0.25) is 4.79 Å². The van der Waals surface area contributed by atoms with Crippen molar-refractivity contribution in [3.05, 3.63) is 24.3 Å². The predicted octanol–water partition coefficient (Wildman–Crippen LogP) is 4.32. The molecule has 1 saturated carbocycles. The zero-order chi connectivity index (χ0) is 20.7. The van der Waals surface area contributed by atoms with Crippen LogP contribution >= 0.6 is 0 Å². The Morgan fingerprint density at radius 2 is 1.86 bits per heavy atom. The highest BCUT2D eigenvalue weighted by Gasteiger charge is 2.45. The number of carbonyl (C=O) groups is 1. The van der Waals surface area contributed by atoms with E-state index in [9.17, 15) is 9.90 Å². The summed E-state index contributed by atoms with van der Waals surface area (Å²) < 4.78 is 10.5. The molecular formula is C23H40O5. The van der Waals surface area contributed by atoms with Crippen molar-refractivity contribution in [2.75, 3.05) is 20.3 Å². The van der Waals surface area contributed by atoms with Crippen LogP contribution < -0.4 is 0 Å². The van der Waals surface area contributed by atoms with Crippen molar-refractivity contribution in [3.63, 3.8) is 0 Å². The van der Waals surface area contributed by atoms with Crippen LogP contribution in [0.1, 0.15) is 77.6 Å². The topological polar surface area (TPSA) is 76.0 Å². The van der Waals surface area contributed by atoms with Crippen LogP contribution in [0.2, 0.25) is 0 Å². The van der Waals surface area contributed by atoms with Gasteiger partial charge in [-0.15, -0.1) is 0 Å². The van der Waals surface area contributed by atoms with Crippen molar-refractivity contribution in [2.45, 2.75) is 89.3 Å². The summed E-state index contributed by atoms with van der Waals surface area (Å²) in [5.41, 5.74) is -0.758. The Morgan fingerprint density at radius 3 is 2.57 bits per heavy atom. The van der Waals surface area contributed by atoms with Gasteiger partial charge < -0.3 is 19.7 Å². The van der Waals surface area contributed by atoms with Crippen LogP contribution in [0, 0.1) is 5.92 Å². The molecular weight excluding hydrogens is 356 g/mol. The van der Waals surface area contributed by atoms with Gasteiger partial charge in [0.05, 0.1) is 18.8 Å². The first-order valence-electron chi connectivity index (χ1n) is 10.9. The van der Waals surface area contributed by atoms with Crippen LogP contribution in [0.5, 0.6) is 0 Å². The molecule has 0 spiro atoms. The van der Waals surface area contributed by atoms with E-state index in [1.807, 2.05) is 13.0 Å². The molecule has 0 bridgehead atoms. The molecule has 1 aliphatic carbocycles. The number of rotatable bonds is 15. The number of allylic oxidation sites excluding steroid dienone is 2. The third kappa shape index (κ3) is 9.35. The van der Waals surface area contributed by atoms with Gasteiger partial charge in [-0.2, -0.15) is 0 Å². The molecule has 0 heterocycles. The number of carbonyl (C=O) groups excluding carboxylic acids is 1. The van der Waals surface area contributed by atoms with Gasteiger partial charge >= 0.3 is 5.97 Å². The Bertz CT molecular complexity index is 474. The van der Waals surface area contributed by atoms with E-state index in [2.05, 4.69) is 23.0 Å². The lowest BCUT2D eigenvalue weighted by Gasteiger charge is -2.29. The Balaban J connectivity index is 2.49. The van der Waals surface area contributed by atoms with Crippen molar-refractivity contribution in [3.8, 4) is 0 Å². The minimum absolute atomic E-state index is 0.0182. The van der Waals surface area contributed by atoms with E-state index in [4.69, 9.17) is 9.84 Å². The number of hydrogen-bond acceptors (Lipinski definition) is 5. The van der Waals surface area contributed by atoms with E-state index in [0.29, 0.717) is 19.4 Å². The Kier molecular flexibility index (Phi) is 13.1. The zero-order valence-corrected chi connectivity index (χ0v) is 17.8. The normalized spacial score (nSPS) is 25.1. The third-order valence-corrected chi connectivity index (χ3v) is 5.50. The predicted molar refractivity (Wildman–Crippen MR) is 112 cm³/mol. The van der Waals surface area contributed by atoms with E-state index >= 15 is 0 Å². The first-order chi connectivity index (χ1) is 13.6. The SMILES string of the molecule is CCO[C@H]1CCC(O)(CC=CCCCC(=O)OC)[C@@H]1C=CCCCCCCO. The molecule has 3 atom stereocenters. The van der Waals surface area contributed by atoms with Crippen LogP contribution in [0.15, 0.2) is 24.3 Å². The molecule has 1 fully saturated rings. The van der Waals surface area contributed by atoms with Gasteiger partial charge in [0, 0.05) is 25.6 Å². The van der Waals surface area contributed by atoms with Crippen molar-refractivity contribution in [2.24, 2.45) is 5.92 Å². The molecule has 0 aromatic rings. The van der Waals surface area contributed by atoms with Crippen LogP contribution in [0.25, 0.3) is 0 Å². The first kappa shape index (κ1) is 24.9. The summed E-state index contributed by atoms with van der Waals surface area (Å²) in [4.78, 5) is 11.1. The van der Waals surface area contributed by atoms with Crippen molar-refractivity contribution in [1.82, 2.24) is 0 Å². The maximum absolute atomic E-state index is 11.2. The molecule has 0 amide bonds. The number of aliphatic hydroxyl groups is 2. The molecule has 1 rings (SSSR count). The largest absolute Gasteiger partial charge is 0.469 e. The molecule has 0 radical (unpaired) electrons. The molecule has 28 heavy (non-hydrogen) atoms. The number of methoxy groups -OCH3 is 1. The standard InChI is InChI=1S/C23H40O5/c1-3-28-21-16-18-23(26,17-12-8-7-11-15-22(25)27-2)20(21)14-10-6-4-5-9-13-19-24/h8,10,12,14,20-21,24,26H,3-7,9,11,13,15-19H2,1-2H3/t20-,21+,23?/m1/s1. The fourth-order valence-electron chi connectivity index (χ4n) is 3.87. The van der Waals surface area contributed by atoms with Gasteiger partial charge in [-0.05, 0) is 58.3 Å². The highest BCUT2D eigenvalue weighted by Crippen LogP contribution is 2.41. The molecule has 5 nitrogen and oxygen atoms in total. The molecule has 0 aromatic heterocycles. The summed E-state index contributed by atoms with van der Waals surface area (Å²) in [6.07, 6.45) is 18.0. The lowest BCUT2D eigenvalue weighted by atomic mass is 9.86. The number of esters is 1. The van der Waals surface area contributed by atoms with Crippen molar-refractivity contribution >= 4 is 5.97 Å². The van der Waals surface area contributed by atoms with Crippen LogP contribution in [0.3, 0.4) is 0 Å². The molecule has 0 aliphatic heterocycles. The minimum atomic E-state index is -0.758. The quantitative estimate of drug-likeness (QED) is 0.245. The summed E-state index contributed by atoms with van der Waals surface area (Å²) in [6.45, 7) is 2.94. The maximum atomic E-state index is 11.2. The highest BCUT2D eigenvalue weighted by molar-refractivity contribution is 5.69. The number of unbranched alkanes of at least 4 members (excludes halogenated alkanes) is 5. The van der Waals surface area contributed by atoms with E-state index < -0.39 is 5.60 Å². The average molecular weight is 397 g/mol. The first-order valence-corrected chi connectivity index (χ1v) is 10.9. The van der Waals surface area contributed by atoms with E-state index in [1.54, 1.807) is 0 Å². The fraction of sp³-hybridized carbons (Fsp3) is 0.783. The molecule has 1 aliphatic rings. The van der Waals surface area contributed by atoms with Gasteiger partial charge in [-0.1, -0.05) is 37.1 Å². The third-order valence-electron chi connectivity index (χ3n) is 5.50. The zero-order valence-electron chi connectivity index (χ0n) is 17.8. The van der Waals surface area contributed by atoms with Gasteiger partial charge in [-0.25, -0.2) is 0 Å². The lowest BCUT2D eigenvalue weighted by molar-refractivity contribution is -0.140. The van der Waals surface area contributed by atoms with Gasteiger partial charge in [0.1, 0.15) is 0 Å². The molecule has 5 heteroatoms. The summed E-state index contributed by atoms with van der Waals surface area (Å²) in [6, 6.07) is 0. The molecule has 0 saturated heterocycles. The van der Waals surface area contributed by atoms with Crippen molar-refractivity contribution < 1.29 is 24.5 Å². The number of hydrogen-bond donors (Lipinski definition) is 2. The lowest BCUT2D eigenvalue weighted by Crippen LogP contribution is -2.36. The smallest absolute Gasteiger partial charge is 0.305 e. The van der Waals surface area contributed by atoms with Crippen LogP contribution in [-0.4, -0.2) is 48.2 Å².